The van der Waals surface area contributed by atoms with Gasteiger partial charge in [0.05, 0.1) is 13.2 Å². The van der Waals surface area contributed by atoms with E-state index < -0.39 is 0 Å². The van der Waals surface area contributed by atoms with Gasteiger partial charge in [-0.2, -0.15) is 0 Å². The number of piperidine rings is 1. The predicted molar refractivity (Wildman–Crippen MR) is 114 cm³/mol. The normalized spacial score (nSPS) is 19.5. The number of nitrogens with one attached hydrogen (secondary N) is 2. The second-order valence-electron chi connectivity index (χ2n) is 6.89. The minimum absolute atomic E-state index is 0. The van der Waals surface area contributed by atoms with Crippen molar-refractivity contribution in [3.05, 3.63) is 0 Å². The number of ether oxygens (including phenoxy) is 2. The number of halogens is 1. The molecule has 0 unspecified atom stereocenters. The van der Waals surface area contributed by atoms with Crippen molar-refractivity contribution in [2.45, 2.75) is 45.1 Å². The van der Waals surface area contributed by atoms with Crippen LogP contribution in [0.3, 0.4) is 0 Å². The van der Waals surface area contributed by atoms with Gasteiger partial charge in [0, 0.05) is 52.5 Å². The summed E-state index contributed by atoms with van der Waals surface area (Å²) in [6.45, 7) is 9.70. The van der Waals surface area contributed by atoms with Gasteiger partial charge in [0.15, 0.2) is 5.96 Å². The Labute approximate surface area is 170 Å². The Bertz CT molecular complexity index is 359. The number of hydrogen-bond donors (Lipinski definition) is 2. The molecule has 0 aromatic rings. The first-order chi connectivity index (χ1) is 11.8. The number of aliphatic imine (C=N–C) groups is 1. The molecule has 6 nitrogen and oxygen atoms in total. The van der Waals surface area contributed by atoms with E-state index >= 15 is 0 Å². The van der Waals surface area contributed by atoms with Gasteiger partial charge < -0.3 is 25.0 Å². The molecule has 0 radical (unpaired) electrons. The van der Waals surface area contributed by atoms with Crippen LogP contribution in [0.25, 0.3) is 0 Å². The molecule has 7 heteroatoms. The average molecular weight is 468 g/mol. The summed E-state index contributed by atoms with van der Waals surface area (Å²) >= 11 is 0. The van der Waals surface area contributed by atoms with Crippen LogP contribution in [-0.4, -0.2) is 76.6 Å². The highest BCUT2D eigenvalue weighted by Gasteiger charge is 2.21. The van der Waals surface area contributed by atoms with E-state index in [0.29, 0.717) is 6.04 Å². The second-order valence-corrected chi connectivity index (χ2v) is 6.89. The van der Waals surface area contributed by atoms with Crippen LogP contribution >= 0.6 is 24.0 Å². The number of hydrogen-bond acceptors (Lipinski definition) is 4. The molecule has 0 amide bonds. The van der Waals surface area contributed by atoms with E-state index in [4.69, 9.17) is 9.47 Å². The second kappa shape index (κ2) is 14.0. The van der Waals surface area contributed by atoms with Gasteiger partial charge in [-0.15, -0.1) is 24.0 Å². The first-order valence-electron chi connectivity index (χ1n) is 9.65. The zero-order valence-electron chi connectivity index (χ0n) is 16.0. The van der Waals surface area contributed by atoms with Crippen LogP contribution in [-0.2, 0) is 9.47 Å². The van der Waals surface area contributed by atoms with E-state index in [1.54, 1.807) is 7.11 Å². The third kappa shape index (κ3) is 10.6. The zero-order chi connectivity index (χ0) is 17.0. The monoisotopic (exact) mass is 468 g/mol. The highest BCUT2D eigenvalue weighted by molar-refractivity contribution is 14.0. The minimum atomic E-state index is 0. The lowest BCUT2D eigenvalue weighted by molar-refractivity contribution is 0.131. The number of methoxy groups -OCH3 is 1. The fourth-order valence-electron chi connectivity index (χ4n) is 3.00. The molecule has 2 aliphatic rings. The molecule has 0 aromatic heterocycles. The van der Waals surface area contributed by atoms with E-state index in [1.807, 2.05) is 0 Å². The standard InChI is InChI=1S/C18H36N4O2.HI/c1-3-19-18(20-9-14-24-15-16-5-6-16)21-17-7-11-22(12-8-17)10-4-13-23-2;/h16-17H,3-15H2,1-2H3,(H2,19,20,21);1H. The van der Waals surface area contributed by atoms with Crippen LogP contribution in [0.15, 0.2) is 4.99 Å². The Hall–Kier alpha value is -0.120. The van der Waals surface area contributed by atoms with Crippen molar-refractivity contribution in [2.75, 3.05) is 59.7 Å². The van der Waals surface area contributed by atoms with Crippen LogP contribution in [0.4, 0.5) is 0 Å². The predicted octanol–water partition coefficient (Wildman–Crippen LogP) is 2.09. The van der Waals surface area contributed by atoms with E-state index in [-0.39, 0.29) is 24.0 Å². The smallest absolute Gasteiger partial charge is 0.191 e. The van der Waals surface area contributed by atoms with E-state index in [1.165, 1.54) is 25.7 Å². The van der Waals surface area contributed by atoms with Gasteiger partial charge in [0.1, 0.15) is 0 Å². The van der Waals surface area contributed by atoms with Gasteiger partial charge >= 0.3 is 0 Å². The molecule has 2 fully saturated rings. The number of guanidine groups is 1. The summed E-state index contributed by atoms with van der Waals surface area (Å²) in [4.78, 5) is 7.18. The Kier molecular flexibility index (Phi) is 12.8. The Morgan fingerprint density at radius 2 is 1.92 bits per heavy atom. The maximum Gasteiger partial charge on any atom is 0.191 e. The van der Waals surface area contributed by atoms with Crippen molar-refractivity contribution < 1.29 is 9.47 Å². The number of likely N-dealkylation sites (tertiary alicyclic amines) is 1. The summed E-state index contributed by atoms with van der Waals surface area (Å²) in [5, 5.41) is 6.94. The highest BCUT2D eigenvalue weighted by atomic mass is 127. The zero-order valence-corrected chi connectivity index (χ0v) is 18.3. The van der Waals surface area contributed by atoms with Gasteiger partial charge in [-0.3, -0.25) is 4.99 Å². The molecular weight excluding hydrogens is 431 g/mol. The quantitative estimate of drug-likeness (QED) is 0.211. The lowest BCUT2D eigenvalue weighted by atomic mass is 10.1. The Morgan fingerprint density at radius 1 is 1.16 bits per heavy atom. The van der Waals surface area contributed by atoms with Crippen LogP contribution < -0.4 is 10.6 Å². The fourth-order valence-corrected chi connectivity index (χ4v) is 3.00. The third-order valence-corrected chi connectivity index (χ3v) is 4.65. The van der Waals surface area contributed by atoms with Gasteiger partial charge in [0.25, 0.3) is 0 Å². The van der Waals surface area contributed by atoms with Gasteiger partial charge in [-0.1, -0.05) is 0 Å². The molecule has 1 aliphatic carbocycles. The molecular formula is C18H37IN4O2. The average Bonchev–Trinajstić information content (AvgIpc) is 3.41. The third-order valence-electron chi connectivity index (χ3n) is 4.65. The van der Waals surface area contributed by atoms with Crippen LogP contribution in [0.5, 0.6) is 0 Å². The molecule has 148 valence electrons. The van der Waals surface area contributed by atoms with Crippen LogP contribution in [0.2, 0.25) is 0 Å². The molecule has 0 aromatic carbocycles. The SMILES string of the molecule is CCNC(=NCCOCC1CC1)NC1CCN(CCCOC)CC1.I. The topological polar surface area (TPSA) is 58.1 Å². The molecule has 1 aliphatic heterocycles. The lowest BCUT2D eigenvalue weighted by Crippen LogP contribution is -2.49. The molecule has 25 heavy (non-hydrogen) atoms. The minimum Gasteiger partial charge on any atom is -0.385 e. The maximum atomic E-state index is 5.66. The van der Waals surface area contributed by atoms with Crippen molar-refractivity contribution in [3.8, 4) is 0 Å². The van der Waals surface area contributed by atoms with E-state index in [2.05, 4.69) is 27.4 Å². The molecule has 1 saturated heterocycles. The van der Waals surface area contributed by atoms with Gasteiger partial charge in [-0.25, -0.2) is 0 Å². The summed E-state index contributed by atoms with van der Waals surface area (Å²) in [7, 11) is 1.77. The van der Waals surface area contributed by atoms with Crippen molar-refractivity contribution in [1.29, 1.82) is 0 Å². The number of rotatable bonds is 11. The molecule has 2 N–H and O–H groups in total. The summed E-state index contributed by atoms with van der Waals surface area (Å²) in [5.41, 5.74) is 0. The molecule has 2 rings (SSSR count). The summed E-state index contributed by atoms with van der Waals surface area (Å²) in [6, 6.07) is 0.522. The van der Waals surface area contributed by atoms with Gasteiger partial charge in [-0.05, 0) is 44.9 Å². The first kappa shape index (κ1) is 22.9. The van der Waals surface area contributed by atoms with E-state index in [0.717, 1.165) is 70.8 Å². The molecule has 0 atom stereocenters. The largest absolute Gasteiger partial charge is 0.385 e. The Balaban J connectivity index is 0.00000312. The van der Waals surface area contributed by atoms with Crippen molar-refractivity contribution in [2.24, 2.45) is 10.9 Å². The molecule has 1 heterocycles. The first-order valence-corrected chi connectivity index (χ1v) is 9.65. The number of nitrogens with zero attached hydrogens (tertiary/aromatic N) is 2. The maximum absolute atomic E-state index is 5.66. The van der Waals surface area contributed by atoms with Crippen molar-refractivity contribution in [1.82, 2.24) is 15.5 Å². The summed E-state index contributed by atoms with van der Waals surface area (Å²) < 4.78 is 10.8. The molecule has 0 spiro atoms. The highest BCUT2D eigenvalue weighted by Crippen LogP contribution is 2.28. The lowest BCUT2D eigenvalue weighted by Gasteiger charge is -2.33. The molecule has 0 bridgehead atoms. The summed E-state index contributed by atoms with van der Waals surface area (Å²) in [5.74, 6) is 1.76. The van der Waals surface area contributed by atoms with E-state index in [9.17, 15) is 0 Å². The van der Waals surface area contributed by atoms with Crippen LogP contribution in [0.1, 0.15) is 39.0 Å². The fraction of sp³-hybridized carbons (Fsp3) is 0.944. The van der Waals surface area contributed by atoms with Gasteiger partial charge in [0.2, 0.25) is 0 Å². The molecule has 1 saturated carbocycles. The van der Waals surface area contributed by atoms with Crippen molar-refractivity contribution in [3.63, 3.8) is 0 Å². The van der Waals surface area contributed by atoms with Crippen molar-refractivity contribution >= 4 is 29.9 Å². The van der Waals surface area contributed by atoms with Crippen LogP contribution in [0, 0.1) is 5.92 Å². The summed E-state index contributed by atoms with van der Waals surface area (Å²) in [6.07, 6.45) is 6.17. The Morgan fingerprint density at radius 3 is 2.56 bits per heavy atom.